The molecule has 0 saturated heterocycles. The lowest BCUT2D eigenvalue weighted by atomic mass is 10.1. The van der Waals surface area contributed by atoms with Crippen molar-refractivity contribution in [1.29, 1.82) is 0 Å². The van der Waals surface area contributed by atoms with Crippen LogP contribution in [0.2, 0.25) is 0 Å². The third kappa shape index (κ3) is 3.96. The molecule has 1 aliphatic carbocycles. The Hall–Kier alpha value is -1.55. The highest BCUT2D eigenvalue weighted by atomic mass is 16.5. The molecule has 104 valence electrons. The third-order valence-electron chi connectivity index (χ3n) is 3.67. The first-order chi connectivity index (χ1) is 9.17. The van der Waals surface area contributed by atoms with Crippen LogP contribution in [0.4, 0.5) is 0 Å². The molecule has 1 aromatic rings. The average Bonchev–Trinajstić information content (AvgIpc) is 3.17. The second-order valence-corrected chi connectivity index (χ2v) is 5.34. The van der Waals surface area contributed by atoms with Crippen molar-refractivity contribution in [3.8, 4) is 5.75 Å². The highest BCUT2D eigenvalue weighted by Gasteiger charge is 2.41. The maximum atomic E-state index is 11.9. The van der Waals surface area contributed by atoms with Gasteiger partial charge in [0.2, 0.25) is 5.91 Å². The summed E-state index contributed by atoms with van der Waals surface area (Å²) >= 11 is 0. The Kier molecular flexibility index (Phi) is 4.43. The van der Waals surface area contributed by atoms with Crippen molar-refractivity contribution in [3.05, 3.63) is 29.8 Å². The maximum absolute atomic E-state index is 11.9. The Morgan fingerprint density at radius 1 is 1.37 bits per heavy atom. The summed E-state index contributed by atoms with van der Waals surface area (Å²) in [7, 11) is 3.59. The topological polar surface area (TPSA) is 50.4 Å². The van der Waals surface area contributed by atoms with Crippen LogP contribution < -0.4 is 15.4 Å². The van der Waals surface area contributed by atoms with Crippen molar-refractivity contribution in [1.82, 2.24) is 10.6 Å². The molecule has 0 unspecified atom stereocenters. The first-order valence-corrected chi connectivity index (χ1v) is 6.72. The van der Waals surface area contributed by atoms with Crippen molar-refractivity contribution < 1.29 is 9.53 Å². The SMILES string of the molecule is CNCC1(CNC(=O)Cc2cccc(OC)c2)CC1. The third-order valence-corrected chi connectivity index (χ3v) is 3.67. The van der Waals surface area contributed by atoms with E-state index in [9.17, 15) is 4.79 Å². The van der Waals surface area contributed by atoms with Gasteiger partial charge in [-0.1, -0.05) is 12.1 Å². The average molecular weight is 262 g/mol. The first-order valence-electron chi connectivity index (χ1n) is 6.72. The van der Waals surface area contributed by atoms with Gasteiger partial charge in [-0.3, -0.25) is 4.79 Å². The van der Waals surface area contributed by atoms with Crippen LogP contribution in [0.1, 0.15) is 18.4 Å². The molecule has 0 radical (unpaired) electrons. The standard InChI is InChI=1S/C15H22N2O2/c1-16-10-15(6-7-15)11-17-14(18)9-12-4-3-5-13(8-12)19-2/h3-5,8,16H,6-7,9-11H2,1-2H3,(H,17,18). The number of carbonyl (C=O) groups excluding carboxylic acids is 1. The lowest BCUT2D eigenvalue weighted by Gasteiger charge is -2.15. The minimum atomic E-state index is 0.0793. The summed E-state index contributed by atoms with van der Waals surface area (Å²) in [6, 6.07) is 7.64. The maximum Gasteiger partial charge on any atom is 0.224 e. The Morgan fingerprint density at radius 3 is 2.79 bits per heavy atom. The Balaban J connectivity index is 1.81. The molecule has 1 amide bonds. The minimum absolute atomic E-state index is 0.0793. The lowest BCUT2D eigenvalue weighted by molar-refractivity contribution is -0.120. The fourth-order valence-electron chi connectivity index (χ4n) is 2.28. The second kappa shape index (κ2) is 6.06. The molecule has 1 aliphatic rings. The van der Waals surface area contributed by atoms with Crippen LogP contribution in [0.3, 0.4) is 0 Å². The van der Waals surface area contributed by atoms with E-state index in [1.165, 1.54) is 12.8 Å². The summed E-state index contributed by atoms with van der Waals surface area (Å²) in [6.07, 6.45) is 2.81. The summed E-state index contributed by atoms with van der Waals surface area (Å²) in [6.45, 7) is 1.75. The van der Waals surface area contributed by atoms with E-state index in [-0.39, 0.29) is 5.91 Å². The Morgan fingerprint density at radius 2 is 2.16 bits per heavy atom. The zero-order valence-corrected chi connectivity index (χ0v) is 11.7. The molecule has 1 saturated carbocycles. The van der Waals surface area contributed by atoms with Gasteiger partial charge >= 0.3 is 0 Å². The van der Waals surface area contributed by atoms with E-state index >= 15 is 0 Å². The number of ether oxygens (including phenoxy) is 1. The van der Waals surface area contributed by atoms with E-state index in [4.69, 9.17) is 4.74 Å². The molecule has 0 heterocycles. The van der Waals surface area contributed by atoms with Crippen LogP contribution in [0.5, 0.6) is 5.75 Å². The summed E-state index contributed by atoms with van der Waals surface area (Å²) in [4.78, 5) is 11.9. The van der Waals surface area contributed by atoms with Gasteiger partial charge in [0.25, 0.3) is 0 Å². The summed E-state index contributed by atoms with van der Waals surface area (Å²) < 4.78 is 5.15. The van der Waals surface area contributed by atoms with Gasteiger partial charge < -0.3 is 15.4 Å². The molecule has 0 bridgehead atoms. The highest BCUT2D eigenvalue weighted by molar-refractivity contribution is 5.78. The number of rotatable bonds is 7. The lowest BCUT2D eigenvalue weighted by Crippen LogP contribution is -2.35. The molecular weight excluding hydrogens is 240 g/mol. The summed E-state index contributed by atoms with van der Waals surface area (Å²) in [5.41, 5.74) is 1.29. The van der Waals surface area contributed by atoms with Crippen molar-refractivity contribution in [2.75, 3.05) is 27.2 Å². The van der Waals surface area contributed by atoms with Crippen LogP contribution >= 0.6 is 0 Å². The molecule has 0 atom stereocenters. The quantitative estimate of drug-likeness (QED) is 0.780. The zero-order valence-electron chi connectivity index (χ0n) is 11.7. The number of nitrogens with one attached hydrogen (secondary N) is 2. The van der Waals surface area contributed by atoms with Gasteiger partial charge in [-0.15, -0.1) is 0 Å². The van der Waals surface area contributed by atoms with Crippen LogP contribution in [0.15, 0.2) is 24.3 Å². The fourth-order valence-corrected chi connectivity index (χ4v) is 2.28. The number of hydrogen-bond donors (Lipinski definition) is 2. The Bertz CT molecular complexity index is 442. The number of hydrogen-bond acceptors (Lipinski definition) is 3. The molecular formula is C15H22N2O2. The number of carbonyl (C=O) groups is 1. The molecule has 1 aromatic carbocycles. The molecule has 0 aliphatic heterocycles. The van der Waals surface area contributed by atoms with Gasteiger partial charge in [-0.05, 0) is 37.6 Å². The number of methoxy groups -OCH3 is 1. The van der Waals surface area contributed by atoms with Gasteiger partial charge in [-0.2, -0.15) is 0 Å². The van der Waals surface area contributed by atoms with Gasteiger partial charge in [0.05, 0.1) is 13.5 Å². The van der Waals surface area contributed by atoms with Crippen LogP contribution in [0, 0.1) is 5.41 Å². The minimum Gasteiger partial charge on any atom is -0.497 e. The predicted octanol–water partition coefficient (Wildman–Crippen LogP) is 1.35. The fraction of sp³-hybridized carbons (Fsp3) is 0.533. The zero-order chi connectivity index (χ0) is 13.7. The van der Waals surface area contributed by atoms with Gasteiger partial charge in [-0.25, -0.2) is 0 Å². The molecule has 0 spiro atoms. The smallest absolute Gasteiger partial charge is 0.224 e. The van der Waals surface area contributed by atoms with Gasteiger partial charge in [0.1, 0.15) is 5.75 Å². The molecule has 2 rings (SSSR count). The predicted molar refractivity (Wildman–Crippen MR) is 75.3 cm³/mol. The normalized spacial score (nSPS) is 15.9. The second-order valence-electron chi connectivity index (χ2n) is 5.34. The molecule has 2 N–H and O–H groups in total. The van der Waals surface area contributed by atoms with E-state index in [0.29, 0.717) is 11.8 Å². The van der Waals surface area contributed by atoms with E-state index in [2.05, 4.69) is 10.6 Å². The first kappa shape index (κ1) is 13.9. The Labute approximate surface area is 114 Å². The van der Waals surface area contributed by atoms with E-state index in [1.54, 1.807) is 7.11 Å². The van der Waals surface area contributed by atoms with Crippen molar-refractivity contribution in [2.24, 2.45) is 5.41 Å². The van der Waals surface area contributed by atoms with E-state index in [0.717, 1.165) is 24.4 Å². The molecule has 4 heteroatoms. The molecule has 1 fully saturated rings. The van der Waals surface area contributed by atoms with Crippen molar-refractivity contribution in [2.45, 2.75) is 19.3 Å². The molecule has 19 heavy (non-hydrogen) atoms. The van der Waals surface area contributed by atoms with Crippen LogP contribution in [-0.2, 0) is 11.2 Å². The number of amides is 1. The molecule has 4 nitrogen and oxygen atoms in total. The largest absolute Gasteiger partial charge is 0.497 e. The van der Waals surface area contributed by atoms with Gasteiger partial charge in [0.15, 0.2) is 0 Å². The van der Waals surface area contributed by atoms with Crippen molar-refractivity contribution >= 4 is 5.91 Å². The van der Waals surface area contributed by atoms with Crippen LogP contribution in [0.25, 0.3) is 0 Å². The highest BCUT2D eigenvalue weighted by Crippen LogP contribution is 2.44. The van der Waals surface area contributed by atoms with E-state index in [1.807, 2.05) is 31.3 Å². The van der Waals surface area contributed by atoms with Crippen LogP contribution in [-0.4, -0.2) is 33.2 Å². The summed E-state index contributed by atoms with van der Waals surface area (Å²) in [5.74, 6) is 0.870. The van der Waals surface area contributed by atoms with Gasteiger partial charge in [0, 0.05) is 18.5 Å². The van der Waals surface area contributed by atoms with E-state index < -0.39 is 0 Å². The monoisotopic (exact) mass is 262 g/mol. The summed E-state index contributed by atoms with van der Waals surface area (Å²) in [5, 5.41) is 6.23. The van der Waals surface area contributed by atoms with Crippen molar-refractivity contribution in [3.63, 3.8) is 0 Å². The number of benzene rings is 1. The molecule has 0 aromatic heterocycles.